The van der Waals surface area contributed by atoms with E-state index < -0.39 is 10.8 Å². The lowest BCUT2D eigenvalue weighted by atomic mass is 10.1. The van der Waals surface area contributed by atoms with Crippen LogP contribution in [0, 0.1) is 21.4 Å². The molecule has 0 aromatic heterocycles. The second-order valence-corrected chi connectivity index (χ2v) is 9.31. The van der Waals surface area contributed by atoms with Gasteiger partial charge in [0.25, 0.3) is 11.6 Å². The second kappa shape index (κ2) is 13.3. The van der Waals surface area contributed by atoms with Crippen LogP contribution in [0.25, 0.3) is 6.08 Å². The Morgan fingerprint density at radius 3 is 2.12 bits per heavy atom. The number of hydrogen-bond donors (Lipinski definition) is 1. The SMILES string of the molecule is N#C/C(=C\c1ccc(OCc2ccc([N+](=O)[O-])cc2)c(Cl)c1)C(=O)Nc1ccc(OCc2ccc(Cl)cc2)cc1. The van der Waals surface area contributed by atoms with Crippen molar-refractivity contribution >= 4 is 46.6 Å². The van der Waals surface area contributed by atoms with Gasteiger partial charge in [-0.25, -0.2) is 0 Å². The summed E-state index contributed by atoms with van der Waals surface area (Å²) in [6, 6.07) is 26.9. The molecule has 8 nitrogen and oxygen atoms in total. The number of amides is 1. The molecule has 1 amide bonds. The van der Waals surface area contributed by atoms with Crippen LogP contribution in [0.2, 0.25) is 10.0 Å². The average molecular weight is 574 g/mol. The Bertz CT molecular complexity index is 1580. The first-order valence-corrected chi connectivity index (χ1v) is 12.6. The van der Waals surface area contributed by atoms with Crippen LogP contribution in [0.5, 0.6) is 11.5 Å². The number of nitrogens with zero attached hydrogens (tertiary/aromatic N) is 2. The fourth-order valence-electron chi connectivity index (χ4n) is 3.49. The van der Waals surface area contributed by atoms with E-state index in [2.05, 4.69) is 5.32 Å². The fourth-order valence-corrected chi connectivity index (χ4v) is 3.86. The molecule has 0 radical (unpaired) electrons. The number of carbonyl (C=O) groups is 1. The van der Waals surface area contributed by atoms with Gasteiger partial charge in [0, 0.05) is 22.8 Å². The van der Waals surface area contributed by atoms with Gasteiger partial charge >= 0.3 is 0 Å². The number of nitro groups is 1. The summed E-state index contributed by atoms with van der Waals surface area (Å²) < 4.78 is 11.5. The van der Waals surface area contributed by atoms with E-state index in [4.69, 9.17) is 32.7 Å². The molecule has 0 saturated carbocycles. The Kier molecular flexibility index (Phi) is 9.36. The standard InChI is InChI=1S/C30H21Cl2N3O5/c31-24-6-1-20(2-7-24)18-39-27-12-8-25(9-13-27)34-30(36)23(17-33)15-22-5-14-29(28(32)16-22)40-19-21-3-10-26(11-4-21)35(37)38/h1-16H,18-19H2,(H,34,36)/b23-15+. The van der Waals surface area contributed by atoms with Gasteiger partial charge in [0.1, 0.15) is 36.4 Å². The summed E-state index contributed by atoms with van der Waals surface area (Å²) in [5.74, 6) is 0.431. The van der Waals surface area contributed by atoms with Gasteiger partial charge in [-0.2, -0.15) is 5.26 Å². The van der Waals surface area contributed by atoms with E-state index in [1.807, 2.05) is 18.2 Å². The summed E-state index contributed by atoms with van der Waals surface area (Å²) in [4.78, 5) is 23.0. The first-order valence-electron chi connectivity index (χ1n) is 11.9. The van der Waals surface area contributed by atoms with Crippen molar-refractivity contribution in [2.75, 3.05) is 5.32 Å². The molecule has 1 N–H and O–H groups in total. The van der Waals surface area contributed by atoms with E-state index in [0.717, 1.165) is 11.1 Å². The van der Waals surface area contributed by atoms with Gasteiger partial charge in [-0.15, -0.1) is 0 Å². The van der Waals surface area contributed by atoms with E-state index in [9.17, 15) is 20.2 Å². The highest BCUT2D eigenvalue weighted by Crippen LogP contribution is 2.28. The summed E-state index contributed by atoms with van der Waals surface area (Å²) in [5, 5.41) is 24.0. The van der Waals surface area contributed by atoms with Crippen LogP contribution in [0.1, 0.15) is 16.7 Å². The first kappa shape index (κ1) is 28.2. The van der Waals surface area contributed by atoms with Crippen molar-refractivity contribution in [3.8, 4) is 17.6 Å². The molecule has 40 heavy (non-hydrogen) atoms. The van der Waals surface area contributed by atoms with Crippen LogP contribution in [-0.4, -0.2) is 10.8 Å². The second-order valence-electron chi connectivity index (χ2n) is 8.47. The molecule has 0 spiro atoms. The van der Waals surface area contributed by atoms with Crippen LogP contribution in [0.4, 0.5) is 11.4 Å². The molecule has 0 aliphatic carbocycles. The third-order valence-electron chi connectivity index (χ3n) is 5.60. The van der Waals surface area contributed by atoms with Crippen molar-refractivity contribution in [2.24, 2.45) is 0 Å². The number of non-ortho nitro benzene ring substituents is 1. The monoisotopic (exact) mass is 573 g/mol. The highest BCUT2D eigenvalue weighted by atomic mass is 35.5. The van der Waals surface area contributed by atoms with E-state index in [0.29, 0.717) is 34.4 Å². The lowest BCUT2D eigenvalue weighted by Crippen LogP contribution is -2.13. The average Bonchev–Trinajstić information content (AvgIpc) is 2.96. The zero-order chi connectivity index (χ0) is 28.5. The Hall–Kier alpha value is -4.84. The number of ether oxygens (including phenoxy) is 2. The molecular formula is C30H21Cl2N3O5. The van der Waals surface area contributed by atoms with Gasteiger partial charge in [-0.3, -0.25) is 14.9 Å². The molecule has 0 atom stereocenters. The molecule has 4 rings (SSSR count). The third kappa shape index (κ3) is 7.84. The molecule has 10 heteroatoms. The van der Waals surface area contributed by atoms with Gasteiger partial charge in [-0.1, -0.05) is 41.4 Å². The van der Waals surface area contributed by atoms with E-state index in [1.54, 1.807) is 66.7 Å². The van der Waals surface area contributed by atoms with E-state index in [1.165, 1.54) is 18.2 Å². The lowest BCUT2D eigenvalue weighted by Gasteiger charge is -2.09. The highest BCUT2D eigenvalue weighted by Gasteiger charge is 2.11. The largest absolute Gasteiger partial charge is 0.489 e. The molecular weight excluding hydrogens is 553 g/mol. The zero-order valence-corrected chi connectivity index (χ0v) is 22.4. The highest BCUT2D eigenvalue weighted by molar-refractivity contribution is 6.32. The van der Waals surface area contributed by atoms with Crippen molar-refractivity contribution in [2.45, 2.75) is 13.2 Å². The number of nitriles is 1. The fraction of sp³-hybridized carbons (Fsp3) is 0.0667. The summed E-state index contributed by atoms with van der Waals surface area (Å²) >= 11 is 12.2. The molecule has 0 unspecified atom stereocenters. The molecule has 0 fully saturated rings. The number of hydrogen-bond acceptors (Lipinski definition) is 6. The minimum Gasteiger partial charge on any atom is -0.489 e. The number of carbonyl (C=O) groups excluding carboxylic acids is 1. The minimum absolute atomic E-state index is 0.00785. The third-order valence-corrected chi connectivity index (χ3v) is 6.15. The van der Waals surface area contributed by atoms with Crippen molar-refractivity contribution in [3.63, 3.8) is 0 Å². The number of nitrogens with one attached hydrogen (secondary N) is 1. The normalized spacial score (nSPS) is 10.9. The molecule has 0 bridgehead atoms. The van der Waals surface area contributed by atoms with Crippen molar-refractivity contribution in [3.05, 3.63) is 133 Å². The quantitative estimate of drug-likeness (QED) is 0.0903. The topological polar surface area (TPSA) is 114 Å². The van der Waals surface area contributed by atoms with Crippen molar-refractivity contribution in [1.29, 1.82) is 5.26 Å². The number of halogens is 2. The molecule has 0 heterocycles. The maximum Gasteiger partial charge on any atom is 0.269 e. The molecule has 0 saturated heterocycles. The molecule has 0 aliphatic heterocycles. The Labute approximate surface area is 240 Å². The predicted octanol–water partition coefficient (Wildman–Crippen LogP) is 7.61. The van der Waals surface area contributed by atoms with Crippen LogP contribution in [0.3, 0.4) is 0 Å². The number of benzene rings is 4. The van der Waals surface area contributed by atoms with Gasteiger partial charge < -0.3 is 14.8 Å². The maximum atomic E-state index is 12.7. The minimum atomic E-state index is -0.577. The van der Waals surface area contributed by atoms with Crippen LogP contribution >= 0.6 is 23.2 Å². The van der Waals surface area contributed by atoms with Crippen molar-refractivity contribution in [1.82, 2.24) is 0 Å². The van der Waals surface area contributed by atoms with Gasteiger partial charge in [0.2, 0.25) is 0 Å². The lowest BCUT2D eigenvalue weighted by molar-refractivity contribution is -0.384. The molecule has 4 aromatic rings. The molecule has 0 aliphatic rings. The van der Waals surface area contributed by atoms with Crippen LogP contribution in [-0.2, 0) is 18.0 Å². The predicted molar refractivity (Wildman–Crippen MR) is 153 cm³/mol. The Morgan fingerprint density at radius 2 is 1.52 bits per heavy atom. The summed E-state index contributed by atoms with van der Waals surface area (Å²) in [6.07, 6.45) is 1.42. The number of rotatable bonds is 10. The van der Waals surface area contributed by atoms with Gasteiger partial charge in [-0.05, 0) is 83.4 Å². The summed E-state index contributed by atoms with van der Waals surface area (Å²) in [6.45, 7) is 0.525. The van der Waals surface area contributed by atoms with Crippen molar-refractivity contribution < 1.29 is 19.2 Å². The van der Waals surface area contributed by atoms with Crippen LogP contribution in [0.15, 0.2) is 96.6 Å². The number of anilines is 1. The maximum absolute atomic E-state index is 12.7. The van der Waals surface area contributed by atoms with E-state index in [-0.39, 0.29) is 22.9 Å². The van der Waals surface area contributed by atoms with E-state index >= 15 is 0 Å². The smallest absolute Gasteiger partial charge is 0.269 e. The molecule has 200 valence electrons. The first-order chi connectivity index (χ1) is 19.3. The van der Waals surface area contributed by atoms with Gasteiger partial charge in [0.15, 0.2) is 0 Å². The Balaban J connectivity index is 1.34. The zero-order valence-electron chi connectivity index (χ0n) is 20.8. The Morgan fingerprint density at radius 1 is 0.900 bits per heavy atom. The molecule has 4 aromatic carbocycles. The number of nitro benzene ring substituents is 1. The summed E-state index contributed by atoms with van der Waals surface area (Å²) in [7, 11) is 0. The van der Waals surface area contributed by atoms with Crippen LogP contribution < -0.4 is 14.8 Å². The summed E-state index contributed by atoms with van der Waals surface area (Å²) in [5.41, 5.74) is 2.61. The van der Waals surface area contributed by atoms with Gasteiger partial charge in [0.05, 0.1) is 9.95 Å².